The summed E-state index contributed by atoms with van der Waals surface area (Å²) in [7, 11) is 1.46. The van der Waals surface area contributed by atoms with Crippen LogP contribution in [0.5, 0.6) is 5.75 Å². The van der Waals surface area contributed by atoms with Gasteiger partial charge in [0.05, 0.1) is 23.9 Å². The summed E-state index contributed by atoms with van der Waals surface area (Å²) in [4.78, 5) is 16.1. The number of rotatable bonds is 6. The van der Waals surface area contributed by atoms with Crippen LogP contribution in [0.25, 0.3) is 11.3 Å². The summed E-state index contributed by atoms with van der Waals surface area (Å²) in [6, 6.07) is 16.6. The van der Waals surface area contributed by atoms with Gasteiger partial charge in [0.1, 0.15) is 22.1 Å². The highest BCUT2D eigenvalue weighted by molar-refractivity contribution is 8.00. The molecular weight excluding hydrogens is 429 g/mol. The molecule has 0 aliphatic carbocycles. The van der Waals surface area contributed by atoms with E-state index in [1.54, 1.807) is 48.5 Å². The monoisotopic (exact) mass is 444 g/mol. The lowest BCUT2D eigenvalue weighted by molar-refractivity contribution is -0.138. The molecule has 0 saturated heterocycles. The number of carboxylic acid groups (broad SMARTS) is 1. The van der Waals surface area contributed by atoms with Gasteiger partial charge in [0.2, 0.25) is 0 Å². The predicted octanol–water partition coefficient (Wildman–Crippen LogP) is 5.57. The fourth-order valence-electron chi connectivity index (χ4n) is 2.85. The van der Waals surface area contributed by atoms with Gasteiger partial charge in [-0.2, -0.15) is 18.4 Å². The number of carboxylic acids is 1. The molecule has 0 aliphatic heterocycles. The number of methoxy groups -OCH3 is 1. The Kier molecular flexibility index (Phi) is 6.51. The van der Waals surface area contributed by atoms with Gasteiger partial charge in [-0.25, -0.2) is 4.98 Å². The molecular formula is C22H15F3N2O3S. The summed E-state index contributed by atoms with van der Waals surface area (Å²) in [5, 5.41) is 17.6. The van der Waals surface area contributed by atoms with Crippen molar-refractivity contribution in [1.82, 2.24) is 4.98 Å². The van der Waals surface area contributed by atoms with Gasteiger partial charge in [0.15, 0.2) is 0 Å². The van der Waals surface area contributed by atoms with Crippen LogP contribution in [0.15, 0.2) is 65.7 Å². The highest BCUT2D eigenvalue weighted by Gasteiger charge is 2.37. The molecule has 0 amide bonds. The average molecular weight is 444 g/mol. The Morgan fingerprint density at radius 3 is 2.32 bits per heavy atom. The number of carbonyl (C=O) groups is 1. The lowest BCUT2D eigenvalue weighted by atomic mass is 10.1. The Morgan fingerprint density at radius 1 is 1.16 bits per heavy atom. The van der Waals surface area contributed by atoms with E-state index in [9.17, 15) is 28.3 Å². The zero-order chi connectivity index (χ0) is 22.6. The van der Waals surface area contributed by atoms with E-state index in [1.165, 1.54) is 19.2 Å². The molecule has 1 N–H and O–H groups in total. The first-order chi connectivity index (χ1) is 14.7. The average Bonchev–Trinajstić information content (AvgIpc) is 2.76. The van der Waals surface area contributed by atoms with Crippen molar-refractivity contribution < 1.29 is 27.8 Å². The molecule has 1 heterocycles. The SMILES string of the molecule is COc1ccc(-c2cc(C(F)(F)F)c(C#N)c(SC(C(=O)O)c3ccccc3)n2)cc1. The summed E-state index contributed by atoms with van der Waals surface area (Å²) in [6.45, 7) is 0. The number of pyridine rings is 1. The highest BCUT2D eigenvalue weighted by Crippen LogP contribution is 2.42. The molecule has 1 aromatic heterocycles. The minimum Gasteiger partial charge on any atom is -0.497 e. The lowest BCUT2D eigenvalue weighted by Gasteiger charge is -2.17. The molecule has 158 valence electrons. The van der Waals surface area contributed by atoms with Gasteiger partial charge in [-0.15, -0.1) is 0 Å². The van der Waals surface area contributed by atoms with Gasteiger partial charge in [-0.05, 0) is 35.9 Å². The third-order valence-electron chi connectivity index (χ3n) is 4.35. The van der Waals surface area contributed by atoms with Crippen molar-refractivity contribution >= 4 is 17.7 Å². The smallest absolute Gasteiger partial charge is 0.417 e. The third-order valence-corrected chi connectivity index (χ3v) is 5.57. The fraction of sp³-hybridized carbons (Fsp3) is 0.136. The molecule has 31 heavy (non-hydrogen) atoms. The Morgan fingerprint density at radius 2 is 1.81 bits per heavy atom. The summed E-state index contributed by atoms with van der Waals surface area (Å²) >= 11 is 0.590. The number of halogens is 3. The van der Waals surface area contributed by atoms with Gasteiger partial charge < -0.3 is 9.84 Å². The number of thioether (sulfide) groups is 1. The Bertz CT molecular complexity index is 1130. The van der Waals surface area contributed by atoms with E-state index in [0.29, 0.717) is 28.6 Å². The second-order valence-corrected chi connectivity index (χ2v) is 7.41. The highest BCUT2D eigenvalue weighted by atomic mass is 32.2. The second-order valence-electron chi connectivity index (χ2n) is 6.32. The van der Waals surface area contributed by atoms with Crippen LogP contribution in [0.4, 0.5) is 13.2 Å². The number of hydrogen-bond donors (Lipinski definition) is 1. The second kappa shape index (κ2) is 9.10. The van der Waals surface area contributed by atoms with Gasteiger partial charge in [0, 0.05) is 5.56 Å². The first-order valence-electron chi connectivity index (χ1n) is 8.85. The zero-order valence-corrected chi connectivity index (χ0v) is 16.9. The number of hydrogen-bond acceptors (Lipinski definition) is 5. The van der Waals surface area contributed by atoms with Crippen LogP contribution < -0.4 is 4.74 Å². The number of ether oxygens (including phenoxy) is 1. The predicted molar refractivity (Wildman–Crippen MR) is 109 cm³/mol. The number of benzene rings is 2. The fourth-order valence-corrected chi connectivity index (χ4v) is 3.89. The van der Waals surface area contributed by atoms with Crippen LogP contribution in [0.2, 0.25) is 0 Å². The summed E-state index contributed by atoms with van der Waals surface area (Å²) in [6.07, 6.45) is -4.82. The van der Waals surface area contributed by atoms with Gasteiger partial charge in [-0.3, -0.25) is 4.79 Å². The first-order valence-corrected chi connectivity index (χ1v) is 9.73. The molecule has 0 fully saturated rings. The van der Waals surface area contributed by atoms with Crippen molar-refractivity contribution in [1.29, 1.82) is 5.26 Å². The molecule has 3 aromatic rings. The van der Waals surface area contributed by atoms with E-state index in [2.05, 4.69) is 4.98 Å². The lowest BCUT2D eigenvalue weighted by Crippen LogP contribution is -2.13. The first kappa shape index (κ1) is 22.2. The van der Waals surface area contributed by atoms with E-state index < -0.39 is 28.5 Å². The van der Waals surface area contributed by atoms with E-state index in [0.717, 1.165) is 6.07 Å². The number of aromatic nitrogens is 1. The Hall–Kier alpha value is -3.51. The van der Waals surface area contributed by atoms with Crippen molar-refractivity contribution in [3.63, 3.8) is 0 Å². The summed E-state index contributed by atoms with van der Waals surface area (Å²) < 4.78 is 46.2. The number of nitriles is 1. The standard InChI is InChI=1S/C22H15F3N2O3S/c1-30-15-9-7-13(8-10-15)18-11-17(22(23,24)25)16(12-26)20(27-18)31-19(21(28)29)14-5-3-2-4-6-14/h2-11,19H,1H3,(H,28,29). The van der Waals surface area contributed by atoms with Crippen molar-refractivity contribution in [3.8, 4) is 23.1 Å². The maximum absolute atomic E-state index is 13.7. The Labute approximate surface area is 180 Å². The van der Waals surface area contributed by atoms with Gasteiger partial charge in [-0.1, -0.05) is 42.1 Å². The maximum Gasteiger partial charge on any atom is 0.417 e. The molecule has 9 heteroatoms. The molecule has 0 spiro atoms. The Balaban J connectivity index is 2.17. The maximum atomic E-state index is 13.7. The largest absolute Gasteiger partial charge is 0.497 e. The van der Waals surface area contributed by atoms with Crippen molar-refractivity contribution in [2.45, 2.75) is 16.5 Å². The number of nitrogens with zero attached hydrogens (tertiary/aromatic N) is 2. The van der Waals surface area contributed by atoms with Crippen molar-refractivity contribution in [2.24, 2.45) is 0 Å². The molecule has 1 atom stereocenters. The molecule has 0 aliphatic rings. The topological polar surface area (TPSA) is 83.2 Å². The van der Waals surface area contributed by atoms with Crippen LogP contribution in [-0.4, -0.2) is 23.2 Å². The minimum absolute atomic E-state index is 0.0336. The van der Waals surface area contributed by atoms with Crippen molar-refractivity contribution in [3.05, 3.63) is 77.4 Å². The quantitative estimate of drug-likeness (QED) is 0.501. The van der Waals surface area contributed by atoms with Gasteiger partial charge >= 0.3 is 12.1 Å². The van der Waals surface area contributed by atoms with Crippen LogP contribution in [0.3, 0.4) is 0 Å². The van der Waals surface area contributed by atoms with Crippen molar-refractivity contribution in [2.75, 3.05) is 7.11 Å². The molecule has 0 radical (unpaired) electrons. The van der Waals surface area contributed by atoms with Crippen LogP contribution in [-0.2, 0) is 11.0 Å². The summed E-state index contributed by atoms with van der Waals surface area (Å²) in [5.74, 6) is -0.747. The third kappa shape index (κ3) is 4.98. The normalized spacial score (nSPS) is 12.1. The molecule has 5 nitrogen and oxygen atoms in total. The molecule has 0 saturated carbocycles. The minimum atomic E-state index is -4.82. The molecule has 3 rings (SSSR count). The van der Waals surface area contributed by atoms with E-state index in [1.807, 2.05) is 0 Å². The van der Waals surface area contributed by atoms with Crippen LogP contribution in [0, 0.1) is 11.3 Å². The van der Waals surface area contributed by atoms with Gasteiger partial charge in [0.25, 0.3) is 0 Å². The van der Waals surface area contributed by atoms with Crippen LogP contribution in [0.1, 0.15) is 21.9 Å². The summed E-state index contributed by atoms with van der Waals surface area (Å²) in [5.41, 5.74) is -1.18. The molecule has 0 bridgehead atoms. The van der Waals surface area contributed by atoms with E-state index >= 15 is 0 Å². The molecule has 1 unspecified atom stereocenters. The van der Waals surface area contributed by atoms with E-state index in [-0.39, 0.29) is 10.7 Å². The molecule has 2 aromatic carbocycles. The zero-order valence-electron chi connectivity index (χ0n) is 16.1. The van der Waals surface area contributed by atoms with E-state index in [4.69, 9.17) is 4.74 Å². The van der Waals surface area contributed by atoms with Crippen LogP contribution >= 0.6 is 11.8 Å². The number of alkyl halides is 3. The number of aliphatic carboxylic acids is 1.